The molecule has 0 aromatic heterocycles. The van der Waals surface area contributed by atoms with Gasteiger partial charge in [0.2, 0.25) is 0 Å². The van der Waals surface area contributed by atoms with Crippen LogP contribution >= 0.6 is 0 Å². The van der Waals surface area contributed by atoms with Crippen molar-refractivity contribution < 1.29 is 0 Å². The van der Waals surface area contributed by atoms with Gasteiger partial charge in [0.05, 0.1) is 0 Å². The summed E-state index contributed by atoms with van der Waals surface area (Å²) in [5.74, 6) is 0. The summed E-state index contributed by atoms with van der Waals surface area (Å²) in [6.45, 7) is 0. The van der Waals surface area contributed by atoms with Crippen molar-refractivity contribution in [1.82, 2.24) is 0 Å². The molecule has 0 radical (unpaired) electrons. The molecular formula is C38H27N. The number of fused-ring (bicyclic) bond motifs is 3. The molecular weight excluding hydrogens is 470 g/mol. The lowest BCUT2D eigenvalue weighted by molar-refractivity contribution is 1.52. The van der Waals surface area contributed by atoms with Crippen molar-refractivity contribution in [2.24, 2.45) is 0 Å². The van der Waals surface area contributed by atoms with Crippen LogP contribution in [-0.4, -0.2) is 0 Å². The Morgan fingerprint density at radius 2 is 0.974 bits per heavy atom. The van der Waals surface area contributed by atoms with E-state index in [1.807, 2.05) is 0 Å². The summed E-state index contributed by atoms with van der Waals surface area (Å²) in [5, 5.41) is 8.84. The highest BCUT2D eigenvalue weighted by Crippen LogP contribution is 2.38. The Bertz CT molecular complexity index is 1920. The molecule has 0 saturated carbocycles. The highest BCUT2D eigenvalue weighted by atomic mass is 14.9. The monoisotopic (exact) mass is 497 g/mol. The number of rotatable bonds is 5. The molecule has 39 heavy (non-hydrogen) atoms. The van der Waals surface area contributed by atoms with Crippen LogP contribution in [0.2, 0.25) is 0 Å². The fourth-order valence-electron chi connectivity index (χ4n) is 5.53. The second-order valence-electron chi connectivity index (χ2n) is 9.89. The van der Waals surface area contributed by atoms with Crippen molar-refractivity contribution in [2.45, 2.75) is 0 Å². The first-order valence-electron chi connectivity index (χ1n) is 13.4. The lowest BCUT2D eigenvalue weighted by Gasteiger charge is -2.16. The van der Waals surface area contributed by atoms with Gasteiger partial charge in [-0.1, -0.05) is 127 Å². The minimum atomic E-state index is 1.06. The van der Waals surface area contributed by atoms with Crippen molar-refractivity contribution in [1.29, 1.82) is 0 Å². The van der Waals surface area contributed by atoms with Gasteiger partial charge in [-0.15, -0.1) is 0 Å². The van der Waals surface area contributed by atoms with E-state index in [-0.39, 0.29) is 0 Å². The number of anilines is 2. The van der Waals surface area contributed by atoms with Crippen LogP contribution in [0, 0.1) is 0 Å². The van der Waals surface area contributed by atoms with E-state index in [0.717, 1.165) is 11.4 Å². The van der Waals surface area contributed by atoms with Crippen molar-refractivity contribution >= 4 is 32.9 Å². The molecule has 0 aliphatic heterocycles. The molecule has 184 valence electrons. The van der Waals surface area contributed by atoms with Gasteiger partial charge >= 0.3 is 0 Å². The van der Waals surface area contributed by atoms with Gasteiger partial charge in [0, 0.05) is 16.9 Å². The molecule has 0 saturated heterocycles. The lowest BCUT2D eigenvalue weighted by atomic mass is 9.93. The van der Waals surface area contributed by atoms with E-state index in [0.29, 0.717) is 0 Å². The maximum Gasteiger partial charge on any atom is 0.0464 e. The Hall–Kier alpha value is -5.14. The Kier molecular flexibility index (Phi) is 5.88. The molecule has 0 atom stereocenters. The van der Waals surface area contributed by atoms with Crippen molar-refractivity contribution in [3.8, 4) is 33.4 Å². The van der Waals surface area contributed by atoms with Crippen LogP contribution in [0.4, 0.5) is 11.4 Å². The Morgan fingerprint density at radius 1 is 0.333 bits per heavy atom. The lowest BCUT2D eigenvalue weighted by Crippen LogP contribution is -1.95. The largest absolute Gasteiger partial charge is 0.355 e. The zero-order valence-electron chi connectivity index (χ0n) is 21.5. The van der Waals surface area contributed by atoms with E-state index < -0.39 is 0 Å². The molecule has 0 spiro atoms. The second kappa shape index (κ2) is 9.96. The van der Waals surface area contributed by atoms with E-state index in [1.165, 1.54) is 54.9 Å². The first-order valence-corrected chi connectivity index (χ1v) is 13.4. The van der Waals surface area contributed by atoms with Gasteiger partial charge in [0.1, 0.15) is 0 Å². The summed E-state index contributed by atoms with van der Waals surface area (Å²) in [6, 6.07) is 56.3. The summed E-state index contributed by atoms with van der Waals surface area (Å²) in [4.78, 5) is 0. The van der Waals surface area contributed by atoms with Crippen molar-refractivity contribution in [3.05, 3.63) is 158 Å². The highest BCUT2D eigenvalue weighted by molar-refractivity contribution is 6.13. The van der Waals surface area contributed by atoms with Crippen LogP contribution in [0.15, 0.2) is 158 Å². The van der Waals surface area contributed by atoms with Gasteiger partial charge in [-0.3, -0.25) is 0 Å². The average Bonchev–Trinajstić information content (AvgIpc) is 3.02. The number of hydrogen-bond donors (Lipinski definition) is 1. The van der Waals surface area contributed by atoms with Gasteiger partial charge in [0.25, 0.3) is 0 Å². The highest BCUT2D eigenvalue weighted by Gasteiger charge is 2.11. The molecule has 0 aliphatic carbocycles. The Morgan fingerprint density at radius 3 is 1.77 bits per heavy atom. The zero-order chi connectivity index (χ0) is 26.0. The van der Waals surface area contributed by atoms with Gasteiger partial charge in [0.15, 0.2) is 0 Å². The van der Waals surface area contributed by atoms with E-state index in [4.69, 9.17) is 0 Å². The van der Waals surface area contributed by atoms with Crippen LogP contribution in [0.25, 0.3) is 54.9 Å². The maximum absolute atomic E-state index is 3.75. The van der Waals surface area contributed by atoms with Crippen LogP contribution in [0.1, 0.15) is 0 Å². The number of nitrogens with one attached hydrogen (secondary N) is 1. The predicted octanol–water partition coefficient (Wildman–Crippen LogP) is 10.7. The quantitative estimate of drug-likeness (QED) is 0.233. The molecule has 7 aromatic carbocycles. The molecule has 0 heterocycles. The smallest absolute Gasteiger partial charge is 0.0464 e. The SMILES string of the molecule is c1ccc(-c2ccc(Nc3cccc(-c4cc5ccccc5c5ccccc45)c3)c(-c3ccccc3)c2)cc1. The van der Waals surface area contributed by atoms with Crippen molar-refractivity contribution in [2.75, 3.05) is 5.32 Å². The Labute approximate surface area is 229 Å². The van der Waals surface area contributed by atoms with E-state index in [1.54, 1.807) is 0 Å². The zero-order valence-corrected chi connectivity index (χ0v) is 21.5. The molecule has 1 heteroatoms. The summed E-state index contributed by atoms with van der Waals surface area (Å²) >= 11 is 0. The molecule has 0 amide bonds. The fraction of sp³-hybridized carbons (Fsp3) is 0. The van der Waals surface area contributed by atoms with E-state index in [9.17, 15) is 0 Å². The summed E-state index contributed by atoms with van der Waals surface area (Å²) in [7, 11) is 0. The standard InChI is InChI=1S/C38H27N/c1-3-12-27(13-4-1)29-22-23-38(37(25-29)28-14-5-2-6-15-28)39-32-18-11-17-30(24-32)36-26-31-16-7-8-19-33(31)34-20-9-10-21-35(34)36/h1-26,39H. The molecule has 0 unspecified atom stereocenters. The number of hydrogen-bond acceptors (Lipinski definition) is 1. The third-order valence-corrected chi connectivity index (χ3v) is 7.43. The molecule has 0 fully saturated rings. The van der Waals surface area contributed by atoms with Crippen LogP contribution < -0.4 is 5.32 Å². The van der Waals surface area contributed by atoms with E-state index >= 15 is 0 Å². The minimum absolute atomic E-state index is 1.06. The molecule has 1 nitrogen and oxygen atoms in total. The number of benzene rings is 7. The van der Waals surface area contributed by atoms with Gasteiger partial charge < -0.3 is 5.32 Å². The third-order valence-electron chi connectivity index (χ3n) is 7.43. The molecule has 0 bridgehead atoms. The summed E-state index contributed by atoms with van der Waals surface area (Å²) in [6.07, 6.45) is 0. The molecule has 0 aliphatic rings. The maximum atomic E-state index is 3.75. The second-order valence-corrected chi connectivity index (χ2v) is 9.89. The fourth-order valence-corrected chi connectivity index (χ4v) is 5.53. The predicted molar refractivity (Wildman–Crippen MR) is 167 cm³/mol. The van der Waals surface area contributed by atoms with Gasteiger partial charge in [-0.25, -0.2) is 0 Å². The normalized spacial score (nSPS) is 11.1. The molecule has 7 rings (SSSR count). The average molecular weight is 498 g/mol. The van der Waals surface area contributed by atoms with Crippen LogP contribution in [0.3, 0.4) is 0 Å². The molecule has 7 aromatic rings. The van der Waals surface area contributed by atoms with E-state index in [2.05, 4.69) is 163 Å². The summed E-state index contributed by atoms with van der Waals surface area (Å²) < 4.78 is 0. The first-order chi connectivity index (χ1) is 19.3. The van der Waals surface area contributed by atoms with Crippen LogP contribution in [-0.2, 0) is 0 Å². The van der Waals surface area contributed by atoms with Crippen molar-refractivity contribution in [3.63, 3.8) is 0 Å². The third kappa shape index (κ3) is 4.45. The molecule has 1 N–H and O–H groups in total. The summed E-state index contributed by atoms with van der Waals surface area (Å²) in [5.41, 5.74) is 9.38. The van der Waals surface area contributed by atoms with Gasteiger partial charge in [-0.05, 0) is 79.7 Å². The van der Waals surface area contributed by atoms with Gasteiger partial charge in [-0.2, -0.15) is 0 Å². The Balaban J connectivity index is 1.32. The minimum Gasteiger partial charge on any atom is -0.355 e. The first kappa shape index (κ1) is 23.0. The van der Waals surface area contributed by atoms with Crippen LogP contribution in [0.5, 0.6) is 0 Å². The topological polar surface area (TPSA) is 12.0 Å².